The van der Waals surface area contributed by atoms with Crippen LogP contribution < -0.4 is 0 Å². The molecule has 0 unspecified atom stereocenters. The number of amides is 1. The van der Waals surface area contributed by atoms with Crippen LogP contribution in [-0.2, 0) is 6.42 Å². The zero-order chi connectivity index (χ0) is 14.0. The highest BCUT2D eigenvalue weighted by molar-refractivity contribution is 6.30. The van der Waals surface area contributed by atoms with Crippen molar-refractivity contribution in [1.29, 1.82) is 0 Å². The van der Waals surface area contributed by atoms with Gasteiger partial charge < -0.3 is 9.88 Å². The lowest BCUT2D eigenvalue weighted by Crippen LogP contribution is -2.29. The number of carbonyl (C=O) groups is 1. The molecule has 0 aliphatic rings. The molecule has 1 amide bonds. The fourth-order valence-corrected chi connectivity index (χ4v) is 2.18. The zero-order valence-electron chi connectivity index (χ0n) is 11.2. The molecule has 2 rings (SSSR count). The lowest BCUT2D eigenvalue weighted by Gasteiger charge is -2.16. The van der Waals surface area contributed by atoms with Crippen LogP contribution in [-0.4, -0.2) is 39.6 Å². The summed E-state index contributed by atoms with van der Waals surface area (Å²) in [6.07, 6.45) is 2.39. The molecule has 0 aromatic carbocycles. The second-order valence-electron chi connectivity index (χ2n) is 4.62. The van der Waals surface area contributed by atoms with Crippen molar-refractivity contribution >= 4 is 17.5 Å². The molecule has 2 aromatic heterocycles. The average Bonchev–Trinajstić information content (AvgIpc) is 2.93. The number of rotatable bonds is 4. The van der Waals surface area contributed by atoms with Gasteiger partial charge in [0.2, 0.25) is 0 Å². The molecule has 102 valence electrons. The summed E-state index contributed by atoms with van der Waals surface area (Å²) in [4.78, 5) is 16.6. The van der Waals surface area contributed by atoms with E-state index in [-0.39, 0.29) is 5.91 Å². The van der Waals surface area contributed by atoms with Crippen molar-refractivity contribution in [2.24, 2.45) is 0 Å². The highest BCUT2D eigenvalue weighted by Gasteiger charge is 2.15. The van der Waals surface area contributed by atoms with Crippen molar-refractivity contribution in [1.82, 2.24) is 20.1 Å². The Hall–Kier alpha value is -1.75. The minimum atomic E-state index is -0.0642. The maximum Gasteiger partial charge on any atom is 0.270 e. The van der Waals surface area contributed by atoms with Crippen LogP contribution in [0.3, 0.4) is 0 Å². The van der Waals surface area contributed by atoms with Crippen LogP contribution >= 0.6 is 11.6 Å². The van der Waals surface area contributed by atoms with E-state index in [0.717, 1.165) is 17.8 Å². The summed E-state index contributed by atoms with van der Waals surface area (Å²) in [5.74, 6) is -0.0642. The van der Waals surface area contributed by atoms with E-state index in [1.165, 1.54) is 5.56 Å². The van der Waals surface area contributed by atoms with E-state index in [9.17, 15) is 4.79 Å². The molecular weight excluding hydrogens is 264 g/mol. The third-order valence-electron chi connectivity index (χ3n) is 3.20. The standard InChI is InChI=1S/C13H17ClN4O/c1-8-11(9(2)17-16-8)4-5-18(3)13(19)12-6-10(14)7-15-12/h6-7,15H,4-5H2,1-3H3,(H,16,17). The molecule has 0 atom stereocenters. The SMILES string of the molecule is Cc1n[nH]c(C)c1CCN(C)C(=O)c1cc(Cl)c[nH]1. The van der Waals surface area contributed by atoms with Crippen molar-refractivity contribution in [3.8, 4) is 0 Å². The molecule has 2 heterocycles. The molecule has 0 spiro atoms. The number of nitrogens with one attached hydrogen (secondary N) is 2. The number of carbonyl (C=O) groups excluding carboxylic acids is 1. The van der Waals surface area contributed by atoms with Gasteiger partial charge in [0.1, 0.15) is 5.69 Å². The van der Waals surface area contributed by atoms with Crippen molar-refractivity contribution < 1.29 is 4.79 Å². The van der Waals surface area contributed by atoms with Gasteiger partial charge in [-0.3, -0.25) is 9.89 Å². The molecule has 0 radical (unpaired) electrons. The van der Waals surface area contributed by atoms with Gasteiger partial charge in [0.15, 0.2) is 0 Å². The number of likely N-dealkylation sites (N-methyl/N-ethyl adjacent to an activating group) is 1. The minimum absolute atomic E-state index is 0.0642. The van der Waals surface area contributed by atoms with E-state index in [0.29, 0.717) is 17.3 Å². The molecule has 0 saturated heterocycles. The second-order valence-corrected chi connectivity index (χ2v) is 5.06. The van der Waals surface area contributed by atoms with Crippen molar-refractivity contribution in [3.63, 3.8) is 0 Å². The Bertz CT molecular complexity index is 568. The fraction of sp³-hybridized carbons (Fsp3) is 0.385. The summed E-state index contributed by atoms with van der Waals surface area (Å²) in [5.41, 5.74) is 3.72. The Morgan fingerprint density at radius 1 is 1.47 bits per heavy atom. The lowest BCUT2D eigenvalue weighted by molar-refractivity contribution is 0.0791. The average molecular weight is 281 g/mol. The predicted molar refractivity (Wildman–Crippen MR) is 74.5 cm³/mol. The predicted octanol–water partition coefficient (Wildman–Crippen LogP) is 2.32. The van der Waals surface area contributed by atoms with E-state index in [1.807, 2.05) is 13.8 Å². The van der Waals surface area contributed by atoms with Crippen LogP contribution in [0.1, 0.15) is 27.4 Å². The van der Waals surface area contributed by atoms with E-state index in [2.05, 4.69) is 15.2 Å². The van der Waals surface area contributed by atoms with E-state index >= 15 is 0 Å². The van der Waals surface area contributed by atoms with Crippen LogP contribution in [0.5, 0.6) is 0 Å². The summed E-state index contributed by atoms with van der Waals surface area (Å²) in [6, 6.07) is 1.63. The number of nitrogens with zero attached hydrogens (tertiary/aromatic N) is 2. The molecule has 0 bridgehead atoms. The Morgan fingerprint density at radius 3 is 2.74 bits per heavy atom. The summed E-state index contributed by atoms with van der Waals surface area (Å²) in [5, 5.41) is 7.64. The number of halogens is 1. The number of aromatic nitrogens is 3. The first-order valence-electron chi connectivity index (χ1n) is 6.09. The van der Waals surface area contributed by atoms with E-state index in [1.54, 1.807) is 24.2 Å². The number of aromatic amines is 2. The van der Waals surface area contributed by atoms with Crippen LogP contribution in [0, 0.1) is 13.8 Å². The van der Waals surface area contributed by atoms with Crippen LogP contribution in [0.4, 0.5) is 0 Å². The second kappa shape index (κ2) is 5.48. The van der Waals surface area contributed by atoms with Crippen molar-refractivity contribution in [2.75, 3.05) is 13.6 Å². The molecule has 19 heavy (non-hydrogen) atoms. The number of hydrogen-bond acceptors (Lipinski definition) is 2. The van der Waals surface area contributed by atoms with Gasteiger partial charge in [-0.15, -0.1) is 0 Å². The van der Waals surface area contributed by atoms with E-state index in [4.69, 9.17) is 11.6 Å². The lowest BCUT2D eigenvalue weighted by atomic mass is 10.1. The Kier molecular flexibility index (Phi) is 3.95. The molecule has 2 aromatic rings. The van der Waals surface area contributed by atoms with Crippen LogP contribution in [0.2, 0.25) is 5.02 Å². The Balaban J connectivity index is 1.98. The van der Waals surface area contributed by atoms with Crippen molar-refractivity contribution in [2.45, 2.75) is 20.3 Å². The molecule has 0 saturated carbocycles. The topological polar surface area (TPSA) is 64.8 Å². The molecule has 0 fully saturated rings. The quantitative estimate of drug-likeness (QED) is 0.903. The van der Waals surface area contributed by atoms with Gasteiger partial charge in [-0.05, 0) is 31.9 Å². The van der Waals surface area contributed by atoms with Crippen LogP contribution in [0.15, 0.2) is 12.3 Å². The third-order valence-corrected chi connectivity index (χ3v) is 3.42. The largest absolute Gasteiger partial charge is 0.356 e. The molecule has 0 aliphatic heterocycles. The van der Waals surface area contributed by atoms with Gasteiger partial charge in [-0.25, -0.2) is 0 Å². The molecule has 2 N–H and O–H groups in total. The Labute approximate surface area is 117 Å². The highest BCUT2D eigenvalue weighted by atomic mass is 35.5. The fourth-order valence-electron chi connectivity index (χ4n) is 2.02. The highest BCUT2D eigenvalue weighted by Crippen LogP contribution is 2.13. The molecule has 5 nitrogen and oxygen atoms in total. The zero-order valence-corrected chi connectivity index (χ0v) is 12.0. The Morgan fingerprint density at radius 2 is 2.21 bits per heavy atom. The molecular formula is C13H17ClN4O. The first-order valence-corrected chi connectivity index (χ1v) is 6.46. The number of H-pyrrole nitrogens is 2. The van der Waals surface area contributed by atoms with Gasteiger partial charge in [0.25, 0.3) is 5.91 Å². The number of aryl methyl sites for hydroxylation is 2. The number of hydrogen-bond donors (Lipinski definition) is 2. The minimum Gasteiger partial charge on any atom is -0.356 e. The van der Waals surface area contributed by atoms with E-state index < -0.39 is 0 Å². The monoisotopic (exact) mass is 280 g/mol. The van der Waals surface area contributed by atoms with Gasteiger partial charge >= 0.3 is 0 Å². The molecule has 6 heteroatoms. The van der Waals surface area contributed by atoms with Gasteiger partial charge in [-0.2, -0.15) is 5.10 Å². The summed E-state index contributed by atoms with van der Waals surface area (Å²) in [6.45, 7) is 4.59. The smallest absolute Gasteiger partial charge is 0.270 e. The first-order chi connectivity index (χ1) is 8.99. The summed E-state index contributed by atoms with van der Waals surface area (Å²) in [7, 11) is 1.78. The maximum atomic E-state index is 12.1. The van der Waals surface area contributed by atoms with Crippen LogP contribution in [0.25, 0.3) is 0 Å². The van der Waals surface area contributed by atoms with Gasteiger partial charge in [0.05, 0.1) is 10.7 Å². The normalized spacial score (nSPS) is 10.7. The third kappa shape index (κ3) is 2.98. The summed E-state index contributed by atoms with van der Waals surface area (Å²) >= 11 is 5.79. The maximum absolute atomic E-state index is 12.1. The van der Waals surface area contributed by atoms with Gasteiger partial charge in [-0.1, -0.05) is 11.6 Å². The first kappa shape index (κ1) is 13.7. The molecule has 0 aliphatic carbocycles. The van der Waals surface area contributed by atoms with Gasteiger partial charge in [0, 0.05) is 25.5 Å². The van der Waals surface area contributed by atoms with Crippen molar-refractivity contribution in [3.05, 3.63) is 39.9 Å². The summed E-state index contributed by atoms with van der Waals surface area (Å²) < 4.78 is 0.